The molecule has 18 heavy (non-hydrogen) atoms. The number of aromatic nitrogens is 2. The summed E-state index contributed by atoms with van der Waals surface area (Å²) in [4.78, 5) is 3.88. The number of hydrogen-bond acceptors (Lipinski definition) is 2. The van der Waals surface area contributed by atoms with E-state index in [0.29, 0.717) is 5.65 Å². The predicted molar refractivity (Wildman–Crippen MR) is 61.7 cm³/mol. The molecule has 0 spiro atoms. The van der Waals surface area contributed by atoms with E-state index in [2.05, 4.69) is 27.5 Å². The van der Waals surface area contributed by atoms with Gasteiger partial charge in [-0.1, -0.05) is 6.58 Å². The lowest BCUT2D eigenvalue weighted by atomic mass is 10.4. The zero-order valence-corrected chi connectivity index (χ0v) is 10.3. The van der Waals surface area contributed by atoms with E-state index >= 15 is 0 Å². The summed E-state index contributed by atoms with van der Waals surface area (Å²) in [7, 11) is 0. The number of nitrogens with zero attached hydrogens (tertiary/aromatic N) is 2. The molecule has 0 amide bonds. The van der Waals surface area contributed by atoms with Crippen LogP contribution in [-0.4, -0.2) is 15.6 Å². The van der Waals surface area contributed by atoms with Gasteiger partial charge in [0.25, 0.3) is 0 Å². The third-order valence-electron chi connectivity index (χ3n) is 2.14. The van der Waals surface area contributed by atoms with Crippen LogP contribution < -0.4 is 5.32 Å². The fourth-order valence-electron chi connectivity index (χ4n) is 1.28. The van der Waals surface area contributed by atoms with Gasteiger partial charge in [-0.25, -0.2) is 9.37 Å². The zero-order chi connectivity index (χ0) is 13.5. The Bertz CT molecular complexity index is 617. The molecule has 8 heteroatoms. The van der Waals surface area contributed by atoms with Crippen LogP contribution in [0, 0.1) is 5.82 Å². The van der Waals surface area contributed by atoms with Gasteiger partial charge in [-0.3, -0.25) is 4.40 Å². The summed E-state index contributed by atoms with van der Waals surface area (Å²) in [6, 6.07) is 2.51. The maximum atomic E-state index is 13.0. The fraction of sp³-hybridized carbons (Fsp3) is 0.100. The van der Waals surface area contributed by atoms with Gasteiger partial charge in [-0.15, -0.1) is 0 Å². The van der Waals surface area contributed by atoms with E-state index in [4.69, 9.17) is 0 Å². The van der Waals surface area contributed by atoms with E-state index in [9.17, 15) is 17.6 Å². The highest BCUT2D eigenvalue weighted by Crippen LogP contribution is 2.29. The molecule has 2 rings (SSSR count). The number of imidazole rings is 1. The highest BCUT2D eigenvalue weighted by molar-refractivity contribution is 9.10. The van der Waals surface area contributed by atoms with Crippen LogP contribution in [0.3, 0.4) is 0 Å². The van der Waals surface area contributed by atoms with Crippen molar-refractivity contribution in [1.29, 1.82) is 0 Å². The van der Waals surface area contributed by atoms with E-state index in [0.717, 1.165) is 12.3 Å². The molecule has 0 aliphatic heterocycles. The molecule has 0 fully saturated rings. The second-order valence-electron chi connectivity index (χ2n) is 3.43. The van der Waals surface area contributed by atoms with Gasteiger partial charge >= 0.3 is 6.18 Å². The van der Waals surface area contributed by atoms with Crippen molar-refractivity contribution < 1.29 is 17.6 Å². The number of fused-ring (bicyclic) bond motifs is 1. The van der Waals surface area contributed by atoms with Crippen molar-refractivity contribution in [2.24, 2.45) is 0 Å². The lowest BCUT2D eigenvalue weighted by Crippen LogP contribution is -2.18. The minimum absolute atomic E-state index is 0.0806. The van der Waals surface area contributed by atoms with E-state index in [1.54, 1.807) is 0 Å². The molecule has 0 atom stereocenters. The molecule has 0 aromatic carbocycles. The fourth-order valence-corrected chi connectivity index (χ4v) is 1.76. The first-order valence-corrected chi connectivity index (χ1v) is 5.44. The van der Waals surface area contributed by atoms with Gasteiger partial charge in [0, 0.05) is 6.20 Å². The molecule has 0 unspecified atom stereocenters. The van der Waals surface area contributed by atoms with E-state index in [-0.39, 0.29) is 10.4 Å². The Morgan fingerprint density at radius 1 is 1.39 bits per heavy atom. The van der Waals surface area contributed by atoms with E-state index in [1.807, 2.05) is 5.32 Å². The van der Waals surface area contributed by atoms with Gasteiger partial charge in [0.15, 0.2) is 5.82 Å². The molecule has 0 aliphatic rings. The number of halogens is 5. The molecule has 0 saturated heterocycles. The van der Waals surface area contributed by atoms with Crippen molar-refractivity contribution in [3.05, 3.63) is 41.0 Å². The maximum Gasteiger partial charge on any atom is 0.430 e. The van der Waals surface area contributed by atoms with Gasteiger partial charge in [0.1, 0.15) is 21.8 Å². The monoisotopic (exact) mass is 323 g/mol. The highest BCUT2D eigenvalue weighted by Gasteiger charge is 2.33. The van der Waals surface area contributed by atoms with Crippen LogP contribution in [0.15, 0.2) is 35.2 Å². The molecule has 0 radical (unpaired) electrons. The molecule has 2 aromatic heterocycles. The number of alkyl halides is 3. The second-order valence-corrected chi connectivity index (χ2v) is 4.18. The van der Waals surface area contributed by atoms with Crippen LogP contribution in [0.4, 0.5) is 23.4 Å². The van der Waals surface area contributed by atoms with Crippen LogP contribution >= 0.6 is 15.9 Å². The SMILES string of the molecule is C=C(Nc1nc2ccc(F)cn2c1Br)C(F)(F)F. The molecule has 96 valence electrons. The quantitative estimate of drug-likeness (QED) is 0.853. The number of allylic oxidation sites excluding steroid dienone is 1. The standard InChI is InChI=1S/C10H6BrF4N3/c1-5(10(13,14)15)16-9-8(11)18-4-6(12)2-3-7(18)17-9/h2-4,16H,1H2. The summed E-state index contributed by atoms with van der Waals surface area (Å²) in [6.45, 7) is 2.87. The van der Waals surface area contributed by atoms with Crippen LogP contribution in [0.1, 0.15) is 0 Å². The van der Waals surface area contributed by atoms with Crippen molar-refractivity contribution in [3.63, 3.8) is 0 Å². The molecule has 2 aromatic rings. The number of hydrogen-bond donors (Lipinski definition) is 1. The molecule has 0 aliphatic carbocycles. The van der Waals surface area contributed by atoms with Crippen LogP contribution in [0.2, 0.25) is 0 Å². The van der Waals surface area contributed by atoms with Crippen molar-refractivity contribution >= 4 is 27.4 Å². The number of rotatable bonds is 2. The Labute approximate surface area is 107 Å². The van der Waals surface area contributed by atoms with Gasteiger partial charge in [0.2, 0.25) is 0 Å². The van der Waals surface area contributed by atoms with Gasteiger partial charge in [0.05, 0.1) is 0 Å². The first-order valence-electron chi connectivity index (χ1n) is 4.65. The first kappa shape index (κ1) is 12.9. The Hall–Kier alpha value is -1.57. The Kier molecular flexibility index (Phi) is 3.05. The Morgan fingerprint density at radius 3 is 2.67 bits per heavy atom. The molecule has 0 saturated carbocycles. The average molecular weight is 324 g/mol. The first-order chi connectivity index (χ1) is 8.29. The number of pyridine rings is 1. The van der Waals surface area contributed by atoms with Crippen molar-refractivity contribution in [1.82, 2.24) is 9.38 Å². The van der Waals surface area contributed by atoms with Gasteiger partial charge in [-0.2, -0.15) is 13.2 Å². The van der Waals surface area contributed by atoms with Crippen LogP contribution in [0.5, 0.6) is 0 Å². The maximum absolute atomic E-state index is 13.0. The molecule has 0 bridgehead atoms. The topological polar surface area (TPSA) is 29.3 Å². The minimum Gasteiger partial charge on any atom is -0.334 e. The Balaban J connectivity index is 2.41. The summed E-state index contributed by atoms with van der Waals surface area (Å²) in [5, 5.41) is 2.04. The third-order valence-corrected chi connectivity index (χ3v) is 2.89. The summed E-state index contributed by atoms with van der Waals surface area (Å²) in [5.41, 5.74) is -0.840. The Morgan fingerprint density at radius 2 is 2.06 bits per heavy atom. The molecular weight excluding hydrogens is 318 g/mol. The average Bonchev–Trinajstić information content (AvgIpc) is 2.55. The summed E-state index contributed by atoms with van der Waals surface area (Å²) in [5.74, 6) is -0.607. The summed E-state index contributed by atoms with van der Waals surface area (Å²) >= 11 is 3.04. The van der Waals surface area contributed by atoms with Crippen molar-refractivity contribution in [3.8, 4) is 0 Å². The summed E-state index contributed by atoms with van der Waals surface area (Å²) in [6.07, 6.45) is -3.46. The van der Waals surface area contributed by atoms with E-state index in [1.165, 1.54) is 10.5 Å². The van der Waals surface area contributed by atoms with Crippen LogP contribution in [0.25, 0.3) is 5.65 Å². The smallest absolute Gasteiger partial charge is 0.334 e. The zero-order valence-electron chi connectivity index (χ0n) is 8.72. The number of anilines is 1. The molecule has 1 N–H and O–H groups in total. The van der Waals surface area contributed by atoms with Crippen molar-refractivity contribution in [2.75, 3.05) is 5.32 Å². The highest BCUT2D eigenvalue weighted by atomic mass is 79.9. The molecule has 2 heterocycles. The lowest BCUT2D eigenvalue weighted by Gasteiger charge is -2.10. The summed E-state index contributed by atoms with van der Waals surface area (Å²) < 4.78 is 51.4. The van der Waals surface area contributed by atoms with Gasteiger partial charge < -0.3 is 5.32 Å². The largest absolute Gasteiger partial charge is 0.430 e. The van der Waals surface area contributed by atoms with Gasteiger partial charge in [-0.05, 0) is 28.1 Å². The lowest BCUT2D eigenvalue weighted by molar-refractivity contribution is -0.0899. The predicted octanol–water partition coefficient (Wildman–Crippen LogP) is 3.72. The van der Waals surface area contributed by atoms with E-state index < -0.39 is 17.7 Å². The molecular formula is C10H6BrF4N3. The third kappa shape index (κ3) is 2.33. The van der Waals surface area contributed by atoms with Crippen molar-refractivity contribution in [2.45, 2.75) is 6.18 Å². The molecule has 3 nitrogen and oxygen atoms in total. The second kappa shape index (κ2) is 4.27. The van der Waals surface area contributed by atoms with Crippen LogP contribution in [-0.2, 0) is 0 Å². The normalized spacial score (nSPS) is 11.8. The minimum atomic E-state index is -4.57. The number of nitrogens with one attached hydrogen (secondary N) is 1.